The minimum atomic E-state index is -0.0711. The molecule has 0 radical (unpaired) electrons. The molecule has 4 aliphatic heterocycles. The number of aromatic nitrogens is 2. The highest BCUT2D eigenvalue weighted by atomic mass is 16.5. The molecule has 2 bridgehead atoms. The van der Waals surface area contributed by atoms with Gasteiger partial charge in [0.25, 0.3) is 5.91 Å². The van der Waals surface area contributed by atoms with Gasteiger partial charge in [0.1, 0.15) is 17.3 Å². The van der Waals surface area contributed by atoms with Crippen molar-refractivity contribution >= 4 is 11.7 Å². The zero-order chi connectivity index (χ0) is 18.1. The molecule has 1 amide bonds. The Morgan fingerprint density at radius 1 is 1.38 bits per heavy atom. The number of fused-ring (bicyclic) bond motifs is 2. The Labute approximate surface area is 154 Å². The van der Waals surface area contributed by atoms with Gasteiger partial charge in [-0.3, -0.25) is 4.79 Å². The van der Waals surface area contributed by atoms with Gasteiger partial charge in [-0.2, -0.15) is 0 Å². The lowest BCUT2D eigenvalue weighted by atomic mass is 9.73. The number of carbonyl (C=O) groups excluding carboxylic acids is 1. The zero-order valence-electron chi connectivity index (χ0n) is 15.8. The lowest BCUT2D eigenvalue weighted by molar-refractivity contribution is 0.0136. The maximum Gasteiger partial charge on any atom is 0.270 e. The summed E-state index contributed by atoms with van der Waals surface area (Å²) in [6.45, 7) is 5.48. The van der Waals surface area contributed by atoms with Crippen LogP contribution in [0.25, 0.3) is 0 Å². The first-order valence-electron chi connectivity index (χ1n) is 9.70. The van der Waals surface area contributed by atoms with Crippen LogP contribution in [-0.2, 0) is 11.2 Å². The SMILES string of the molecule is Cc1nc2c(c(N3C[C@H]4[C@@H](CN(C)C)[C@@H]5CC[C@@]4(C3)O5)n1)CCNC2=O. The maximum absolute atomic E-state index is 12.2. The Bertz CT molecular complexity index is 767. The molecule has 4 atom stereocenters. The van der Waals surface area contributed by atoms with Gasteiger partial charge >= 0.3 is 0 Å². The molecule has 1 N–H and O–H groups in total. The van der Waals surface area contributed by atoms with Crippen LogP contribution in [0.2, 0.25) is 0 Å². The summed E-state index contributed by atoms with van der Waals surface area (Å²) in [5.74, 6) is 2.69. The minimum Gasteiger partial charge on any atom is -0.369 e. The molecule has 7 nitrogen and oxygen atoms in total. The van der Waals surface area contributed by atoms with Crippen molar-refractivity contribution < 1.29 is 9.53 Å². The highest BCUT2D eigenvalue weighted by Crippen LogP contribution is 2.55. The van der Waals surface area contributed by atoms with Gasteiger partial charge in [-0.1, -0.05) is 0 Å². The lowest BCUT2D eigenvalue weighted by Gasteiger charge is -2.30. The quantitative estimate of drug-likeness (QED) is 0.855. The van der Waals surface area contributed by atoms with Gasteiger partial charge in [-0.15, -0.1) is 0 Å². The van der Waals surface area contributed by atoms with E-state index in [-0.39, 0.29) is 11.5 Å². The summed E-state index contributed by atoms with van der Waals surface area (Å²) in [5, 5.41) is 2.90. The van der Waals surface area contributed by atoms with E-state index in [4.69, 9.17) is 9.72 Å². The molecular formula is C19H27N5O2. The van der Waals surface area contributed by atoms with Gasteiger partial charge in [0, 0.05) is 43.6 Å². The summed E-state index contributed by atoms with van der Waals surface area (Å²) in [5.41, 5.74) is 1.55. The number of amides is 1. The predicted molar refractivity (Wildman–Crippen MR) is 97.4 cm³/mol. The second kappa shape index (κ2) is 5.63. The van der Waals surface area contributed by atoms with E-state index in [9.17, 15) is 4.79 Å². The van der Waals surface area contributed by atoms with Crippen LogP contribution < -0.4 is 10.2 Å². The van der Waals surface area contributed by atoms with E-state index in [2.05, 4.69) is 34.2 Å². The van der Waals surface area contributed by atoms with Crippen molar-refractivity contribution in [3.63, 3.8) is 0 Å². The van der Waals surface area contributed by atoms with E-state index in [0.29, 0.717) is 36.0 Å². The van der Waals surface area contributed by atoms with Crippen LogP contribution >= 0.6 is 0 Å². The lowest BCUT2D eigenvalue weighted by Crippen LogP contribution is -2.40. The van der Waals surface area contributed by atoms with E-state index in [0.717, 1.165) is 43.9 Å². The van der Waals surface area contributed by atoms with Crippen molar-refractivity contribution in [1.82, 2.24) is 20.2 Å². The third kappa shape index (κ3) is 2.29. The molecule has 0 saturated carbocycles. The van der Waals surface area contributed by atoms with Crippen LogP contribution in [0.3, 0.4) is 0 Å². The van der Waals surface area contributed by atoms with Crippen LogP contribution in [-0.4, -0.2) is 72.8 Å². The largest absolute Gasteiger partial charge is 0.369 e. The molecule has 7 heteroatoms. The number of nitrogens with one attached hydrogen (secondary N) is 1. The van der Waals surface area contributed by atoms with Crippen LogP contribution in [0.4, 0.5) is 5.82 Å². The third-order valence-corrected chi connectivity index (χ3v) is 6.63. The minimum absolute atomic E-state index is 0.0198. The summed E-state index contributed by atoms with van der Waals surface area (Å²) >= 11 is 0. The number of hydrogen-bond donors (Lipinski definition) is 1. The van der Waals surface area contributed by atoms with Crippen molar-refractivity contribution in [2.24, 2.45) is 11.8 Å². The molecule has 0 unspecified atom stereocenters. The smallest absolute Gasteiger partial charge is 0.270 e. The molecule has 26 heavy (non-hydrogen) atoms. The van der Waals surface area contributed by atoms with Crippen LogP contribution in [0, 0.1) is 18.8 Å². The number of aryl methyl sites for hydroxylation is 1. The van der Waals surface area contributed by atoms with Gasteiger partial charge in [0.2, 0.25) is 0 Å². The normalized spacial score (nSPS) is 35.0. The van der Waals surface area contributed by atoms with Crippen molar-refractivity contribution in [3.8, 4) is 0 Å². The standard InChI is InChI=1S/C19H27N5O2/c1-11-21-16-12(5-7-20-18(16)25)17(22-11)24-9-14-13(8-23(2)3)15-4-6-19(14,10-24)26-15/h13-15H,4-10H2,1-3H3,(H,20,25)/t13-,14+,15+,19+/m1/s1. The molecule has 1 aromatic heterocycles. The fourth-order valence-corrected chi connectivity index (χ4v) is 5.66. The summed E-state index contributed by atoms with van der Waals surface area (Å²) in [6.07, 6.45) is 3.54. The predicted octanol–water partition coefficient (Wildman–Crippen LogP) is 0.616. The first-order valence-corrected chi connectivity index (χ1v) is 9.70. The third-order valence-electron chi connectivity index (χ3n) is 6.63. The van der Waals surface area contributed by atoms with Gasteiger partial charge < -0.3 is 19.9 Å². The molecule has 3 fully saturated rings. The van der Waals surface area contributed by atoms with Crippen LogP contribution in [0.1, 0.15) is 34.7 Å². The van der Waals surface area contributed by atoms with Crippen LogP contribution in [0.15, 0.2) is 0 Å². The topological polar surface area (TPSA) is 70.6 Å². The average molecular weight is 357 g/mol. The summed E-state index contributed by atoms with van der Waals surface area (Å²) in [7, 11) is 4.29. The number of carbonyl (C=O) groups is 1. The molecule has 140 valence electrons. The molecular weight excluding hydrogens is 330 g/mol. The molecule has 0 aromatic carbocycles. The van der Waals surface area contributed by atoms with Crippen LogP contribution in [0.5, 0.6) is 0 Å². The van der Waals surface area contributed by atoms with Crippen molar-refractivity contribution in [1.29, 1.82) is 0 Å². The van der Waals surface area contributed by atoms with E-state index < -0.39 is 0 Å². The average Bonchev–Trinajstić information content (AvgIpc) is 3.24. The summed E-state index contributed by atoms with van der Waals surface area (Å²) in [4.78, 5) is 26.1. The fourth-order valence-electron chi connectivity index (χ4n) is 5.66. The molecule has 1 aromatic rings. The van der Waals surface area contributed by atoms with Gasteiger partial charge in [-0.25, -0.2) is 9.97 Å². The molecule has 5 rings (SSSR count). The number of hydrogen-bond acceptors (Lipinski definition) is 6. The Morgan fingerprint density at radius 2 is 2.23 bits per heavy atom. The molecule has 1 spiro atoms. The molecule has 5 heterocycles. The van der Waals surface area contributed by atoms with Crippen molar-refractivity contribution in [3.05, 3.63) is 17.1 Å². The van der Waals surface area contributed by atoms with Gasteiger partial charge in [0.15, 0.2) is 0 Å². The number of nitrogens with zero attached hydrogens (tertiary/aromatic N) is 4. The van der Waals surface area contributed by atoms with E-state index in [1.54, 1.807) is 0 Å². The number of ether oxygens (including phenoxy) is 1. The fraction of sp³-hybridized carbons (Fsp3) is 0.737. The van der Waals surface area contributed by atoms with Crippen molar-refractivity contribution in [2.45, 2.75) is 37.9 Å². The monoisotopic (exact) mass is 357 g/mol. The van der Waals surface area contributed by atoms with E-state index in [1.807, 2.05) is 6.92 Å². The van der Waals surface area contributed by atoms with Gasteiger partial charge in [0.05, 0.1) is 11.7 Å². The van der Waals surface area contributed by atoms with E-state index >= 15 is 0 Å². The molecule has 4 aliphatic rings. The second-order valence-electron chi connectivity index (χ2n) is 8.60. The molecule has 3 saturated heterocycles. The Hall–Kier alpha value is -1.73. The van der Waals surface area contributed by atoms with Crippen molar-refractivity contribution in [2.75, 3.05) is 45.2 Å². The van der Waals surface area contributed by atoms with Gasteiger partial charge in [-0.05, 0) is 40.3 Å². The second-order valence-corrected chi connectivity index (χ2v) is 8.60. The first kappa shape index (κ1) is 16.4. The Morgan fingerprint density at radius 3 is 3.04 bits per heavy atom. The Balaban J connectivity index is 1.49. The number of anilines is 1. The highest BCUT2D eigenvalue weighted by molar-refractivity contribution is 5.96. The summed E-state index contributed by atoms with van der Waals surface area (Å²) < 4.78 is 6.55. The zero-order valence-corrected chi connectivity index (χ0v) is 15.8. The first-order chi connectivity index (χ1) is 12.5. The molecule has 0 aliphatic carbocycles. The number of rotatable bonds is 3. The highest BCUT2D eigenvalue weighted by Gasteiger charge is 2.63. The maximum atomic E-state index is 12.2. The van der Waals surface area contributed by atoms with E-state index in [1.165, 1.54) is 6.42 Å². The summed E-state index contributed by atoms with van der Waals surface area (Å²) in [6, 6.07) is 0. The Kier molecular flexibility index (Phi) is 3.56.